The summed E-state index contributed by atoms with van der Waals surface area (Å²) in [6.07, 6.45) is 5.15. The Hall–Kier alpha value is -0.540. The lowest BCUT2D eigenvalue weighted by molar-refractivity contribution is 0.201. The number of halogens is 1. The molecule has 1 unspecified atom stereocenters. The van der Waals surface area contributed by atoms with E-state index in [-0.39, 0.29) is 5.82 Å². The van der Waals surface area contributed by atoms with E-state index in [1.807, 2.05) is 17.8 Å². The van der Waals surface area contributed by atoms with Crippen molar-refractivity contribution < 1.29 is 4.39 Å². The second-order valence-corrected chi connectivity index (χ2v) is 6.56. The summed E-state index contributed by atoms with van der Waals surface area (Å²) >= 11 is 1.90. The lowest BCUT2D eigenvalue weighted by Gasteiger charge is -2.32. The van der Waals surface area contributed by atoms with E-state index in [1.54, 1.807) is 12.1 Å². The van der Waals surface area contributed by atoms with Crippen LogP contribution in [0.2, 0.25) is 0 Å². The normalized spacial score (nSPS) is 24.8. The van der Waals surface area contributed by atoms with Crippen LogP contribution in [-0.2, 0) is 6.42 Å². The fourth-order valence-corrected chi connectivity index (χ4v) is 4.18. The van der Waals surface area contributed by atoms with E-state index < -0.39 is 0 Å². The van der Waals surface area contributed by atoms with Gasteiger partial charge in [-0.05, 0) is 62.0 Å². The Kier molecular flexibility index (Phi) is 3.90. The van der Waals surface area contributed by atoms with Crippen molar-refractivity contribution in [2.45, 2.75) is 30.6 Å². The van der Waals surface area contributed by atoms with Crippen LogP contribution in [0.5, 0.6) is 0 Å². The molecule has 1 aromatic carbocycles. The van der Waals surface area contributed by atoms with Crippen molar-refractivity contribution in [1.82, 2.24) is 4.90 Å². The molecule has 2 aliphatic rings. The topological polar surface area (TPSA) is 3.24 Å². The zero-order valence-electron chi connectivity index (χ0n) is 10.7. The molecule has 0 saturated carbocycles. The number of hydrogen-bond acceptors (Lipinski definition) is 2. The number of fused-ring (bicyclic) bond motifs is 1. The van der Waals surface area contributed by atoms with Crippen molar-refractivity contribution in [3.05, 3.63) is 29.6 Å². The molecule has 0 aliphatic carbocycles. The molecule has 98 valence electrons. The van der Waals surface area contributed by atoms with Gasteiger partial charge in [0.15, 0.2) is 0 Å². The molecule has 1 atom stereocenters. The molecule has 3 rings (SSSR count). The first-order valence-corrected chi connectivity index (χ1v) is 7.93. The van der Waals surface area contributed by atoms with Gasteiger partial charge in [0.25, 0.3) is 0 Å². The van der Waals surface area contributed by atoms with Crippen molar-refractivity contribution in [2.75, 3.05) is 25.4 Å². The minimum Gasteiger partial charge on any atom is -0.303 e. The Balaban J connectivity index is 1.63. The molecular formula is C15H20FNS. The van der Waals surface area contributed by atoms with Gasteiger partial charge in [0, 0.05) is 17.2 Å². The Morgan fingerprint density at radius 1 is 1.22 bits per heavy atom. The maximum absolute atomic E-state index is 13.3. The third-order valence-corrected chi connectivity index (χ3v) is 5.32. The Morgan fingerprint density at radius 2 is 2.06 bits per heavy atom. The van der Waals surface area contributed by atoms with Gasteiger partial charge >= 0.3 is 0 Å². The van der Waals surface area contributed by atoms with Crippen molar-refractivity contribution >= 4 is 11.8 Å². The molecule has 2 heterocycles. The number of hydrogen-bond donors (Lipinski definition) is 0. The van der Waals surface area contributed by atoms with E-state index in [0.29, 0.717) is 5.92 Å². The zero-order valence-corrected chi connectivity index (χ0v) is 11.5. The maximum Gasteiger partial charge on any atom is 0.123 e. The number of piperidine rings is 1. The van der Waals surface area contributed by atoms with Crippen molar-refractivity contribution in [2.24, 2.45) is 5.92 Å². The molecule has 0 N–H and O–H groups in total. The maximum atomic E-state index is 13.3. The highest BCUT2D eigenvalue weighted by Crippen LogP contribution is 2.33. The third-order valence-electron chi connectivity index (χ3n) is 3.97. The van der Waals surface area contributed by atoms with Gasteiger partial charge in [0.05, 0.1) is 0 Å². The monoisotopic (exact) mass is 265 g/mol. The summed E-state index contributed by atoms with van der Waals surface area (Å²) in [6.45, 7) is 3.72. The smallest absolute Gasteiger partial charge is 0.123 e. The molecular weight excluding hydrogens is 245 g/mol. The van der Waals surface area contributed by atoms with Crippen LogP contribution >= 0.6 is 11.8 Å². The predicted molar refractivity (Wildman–Crippen MR) is 74.6 cm³/mol. The lowest BCUT2D eigenvalue weighted by atomic mass is 9.98. The summed E-state index contributed by atoms with van der Waals surface area (Å²) in [6, 6.07) is 5.24. The summed E-state index contributed by atoms with van der Waals surface area (Å²) in [5, 5.41) is 0. The van der Waals surface area contributed by atoms with Crippen LogP contribution < -0.4 is 0 Å². The van der Waals surface area contributed by atoms with Crippen molar-refractivity contribution in [1.29, 1.82) is 0 Å². The van der Waals surface area contributed by atoms with Crippen molar-refractivity contribution in [3.8, 4) is 0 Å². The molecule has 0 spiro atoms. The second-order valence-electron chi connectivity index (χ2n) is 5.49. The molecule has 0 aromatic heterocycles. The van der Waals surface area contributed by atoms with Gasteiger partial charge in [0.2, 0.25) is 0 Å². The van der Waals surface area contributed by atoms with Crippen LogP contribution in [-0.4, -0.2) is 30.3 Å². The van der Waals surface area contributed by atoms with E-state index in [4.69, 9.17) is 0 Å². The third kappa shape index (κ3) is 2.89. The number of benzene rings is 1. The Labute approximate surface area is 113 Å². The van der Waals surface area contributed by atoms with Gasteiger partial charge in [-0.2, -0.15) is 0 Å². The fourth-order valence-electron chi connectivity index (χ4n) is 3.05. The molecule has 1 aromatic rings. The minimum atomic E-state index is -0.0898. The van der Waals surface area contributed by atoms with E-state index in [2.05, 4.69) is 4.90 Å². The fraction of sp³-hybridized carbons (Fsp3) is 0.600. The Bertz CT molecular complexity index is 415. The first kappa shape index (κ1) is 12.5. The van der Waals surface area contributed by atoms with Crippen LogP contribution in [0, 0.1) is 11.7 Å². The van der Waals surface area contributed by atoms with Gasteiger partial charge in [-0.1, -0.05) is 6.42 Å². The Morgan fingerprint density at radius 3 is 2.89 bits per heavy atom. The first-order valence-electron chi connectivity index (χ1n) is 6.95. The zero-order chi connectivity index (χ0) is 12.4. The molecule has 1 nitrogen and oxygen atoms in total. The SMILES string of the molecule is Fc1ccc2c(c1)CC(CN1CCCCC1)CS2. The van der Waals surface area contributed by atoms with E-state index in [1.165, 1.54) is 55.1 Å². The van der Waals surface area contributed by atoms with Gasteiger partial charge in [-0.25, -0.2) is 4.39 Å². The van der Waals surface area contributed by atoms with Gasteiger partial charge in [-0.15, -0.1) is 11.8 Å². The van der Waals surface area contributed by atoms with E-state index in [0.717, 1.165) is 6.42 Å². The quantitative estimate of drug-likeness (QED) is 0.804. The lowest BCUT2D eigenvalue weighted by Crippen LogP contribution is -2.36. The highest BCUT2D eigenvalue weighted by atomic mass is 32.2. The van der Waals surface area contributed by atoms with Crippen LogP contribution in [0.3, 0.4) is 0 Å². The molecule has 2 aliphatic heterocycles. The van der Waals surface area contributed by atoms with Crippen LogP contribution in [0.4, 0.5) is 4.39 Å². The molecule has 0 bridgehead atoms. The van der Waals surface area contributed by atoms with E-state index in [9.17, 15) is 4.39 Å². The molecule has 18 heavy (non-hydrogen) atoms. The average Bonchev–Trinajstić information content (AvgIpc) is 2.39. The molecule has 3 heteroatoms. The van der Waals surface area contributed by atoms with Crippen LogP contribution in [0.15, 0.2) is 23.1 Å². The highest BCUT2D eigenvalue weighted by molar-refractivity contribution is 7.99. The summed E-state index contributed by atoms with van der Waals surface area (Å²) in [5.41, 5.74) is 1.22. The number of thioether (sulfide) groups is 1. The number of rotatable bonds is 2. The number of likely N-dealkylation sites (tertiary alicyclic amines) is 1. The van der Waals surface area contributed by atoms with Gasteiger partial charge in [0.1, 0.15) is 5.82 Å². The molecule has 1 saturated heterocycles. The summed E-state index contributed by atoms with van der Waals surface area (Å²) in [5.74, 6) is 1.80. The predicted octanol–water partition coefficient (Wildman–Crippen LogP) is 3.58. The van der Waals surface area contributed by atoms with Gasteiger partial charge in [-0.3, -0.25) is 0 Å². The number of nitrogens with zero attached hydrogens (tertiary/aromatic N) is 1. The summed E-state index contributed by atoms with van der Waals surface area (Å²) < 4.78 is 13.3. The average molecular weight is 265 g/mol. The molecule has 1 fully saturated rings. The molecule has 0 amide bonds. The van der Waals surface area contributed by atoms with Crippen LogP contribution in [0.1, 0.15) is 24.8 Å². The highest BCUT2D eigenvalue weighted by Gasteiger charge is 2.22. The first-order chi connectivity index (χ1) is 8.81. The van der Waals surface area contributed by atoms with Crippen LogP contribution in [0.25, 0.3) is 0 Å². The standard InChI is InChI=1S/C15H20FNS/c16-14-4-5-15-13(9-14)8-12(11-18-15)10-17-6-2-1-3-7-17/h4-5,9,12H,1-3,6-8,10-11H2. The van der Waals surface area contributed by atoms with E-state index >= 15 is 0 Å². The summed E-state index contributed by atoms with van der Waals surface area (Å²) in [4.78, 5) is 3.88. The van der Waals surface area contributed by atoms with Crippen molar-refractivity contribution in [3.63, 3.8) is 0 Å². The largest absolute Gasteiger partial charge is 0.303 e. The minimum absolute atomic E-state index is 0.0898. The summed E-state index contributed by atoms with van der Waals surface area (Å²) in [7, 11) is 0. The second kappa shape index (κ2) is 5.62. The van der Waals surface area contributed by atoms with Gasteiger partial charge < -0.3 is 4.90 Å². The molecule has 0 radical (unpaired) electrons.